The molecule has 0 aliphatic carbocycles. The number of nitrogen functional groups attached to an aromatic ring is 1. The number of nitrogens with two attached hydrogens (primary N) is 1. The highest BCUT2D eigenvalue weighted by atomic mass is 16.3. The molecule has 4 aromatic heterocycles. The molecule has 5 heterocycles. The first kappa shape index (κ1) is 18.3. The van der Waals surface area contributed by atoms with Crippen LogP contribution in [0.15, 0.2) is 49.1 Å². The van der Waals surface area contributed by atoms with E-state index in [4.69, 9.17) is 10.7 Å². The lowest BCUT2D eigenvalue weighted by atomic mass is 10.1. The van der Waals surface area contributed by atoms with E-state index >= 15 is 0 Å². The molecule has 0 spiro atoms. The number of aliphatic hydroxyl groups is 1. The Balaban J connectivity index is 1.42. The third kappa shape index (κ3) is 3.50. The summed E-state index contributed by atoms with van der Waals surface area (Å²) in [5, 5.41) is 14.1. The van der Waals surface area contributed by atoms with E-state index in [1.54, 1.807) is 6.20 Å². The highest BCUT2D eigenvalue weighted by molar-refractivity contribution is 6.01. The van der Waals surface area contributed by atoms with Gasteiger partial charge in [-0.3, -0.25) is 0 Å². The monoisotopic (exact) mass is 402 g/mol. The van der Waals surface area contributed by atoms with Crippen LogP contribution in [0.3, 0.4) is 0 Å². The second-order valence-corrected chi connectivity index (χ2v) is 7.35. The number of aromatic amines is 1. The van der Waals surface area contributed by atoms with Gasteiger partial charge in [-0.2, -0.15) is 0 Å². The van der Waals surface area contributed by atoms with Gasteiger partial charge in [0.1, 0.15) is 29.4 Å². The molecule has 152 valence electrons. The van der Waals surface area contributed by atoms with E-state index in [1.165, 1.54) is 6.33 Å². The van der Waals surface area contributed by atoms with E-state index in [0.29, 0.717) is 18.9 Å². The minimum absolute atomic E-state index is 0.280. The molecular formula is C21H22N8O. The maximum Gasteiger partial charge on any atom is 0.143 e. The molecule has 0 aromatic carbocycles. The largest absolute Gasteiger partial charge is 0.391 e. The van der Waals surface area contributed by atoms with Crippen LogP contribution in [0.2, 0.25) is 0 Å². The summed E-state index contributed by atoms with van der Waals surface area (Å²) in [6.07, 6.45) is 5.61. The molecule has 9 nitrogen and oxygen atoms in total. The third-order valence-electron chi connectivity index (χ3n) is 5.28. The Kier molecular flexibility index (Phi) is 4.64. The molecule has 0 saturated carbocycles. The van der Waals surface area contributed by atoms with Crippen LogP contribution < -0.4 is 16.0 Å². The average molecular weight is 402 g/mol. The van der Waals surface area contributed by atoms with Crippen LogP contribution >= 0.6 is 0 Å². The molecule has 5 rings (SSSR count). The highest BCUT2D eigenvalue weighted by Gasteiger charge is 2.21. The molecule has 30 heavy (non-hydrogen) atoms. The van der Waals surface area contributed by atoms with Gasteiger partial charge in [0.2, 0.25) is 0 Å². The van der Waals surface area contributed by atoms with Crippen LogP contribution in [0.5, 0.6) is 0 Å². The first-order chi connectivity index (χ1) is 14.7. The summed E-state index contributed by atoms with van der Waals surface area (Å²) in [6, 6.07) is 9.67. The standard InChI is InChI=1S/C21H22N8O/c22-17-8-13(4-6-23-17)16-10-25-21-19(16)20(26-12-27-21)24-9-14-2-1-3-18(28-14)29-7-5-15(30)11-29/h1-4,6,8,10,12,15,30H,5,7,9,11H2,(H2,22,23)(H2,24,25,26,27). The van der Waals surface area contributed by atoms with Crippen molar-refractivity contribution in [3.63, 3.8) is 0 Å². The fraction of sp³-hybridized carbons (Fsp3) is 0.238. The lowest BCUT2D eigenvalue weighted by molar-refractivity contribution is 0.198. The summed E-state index contributed by atoms with van der Waals surface area (Å²) in [4.78, 5) is 22.9. The molecule has 4 aromatic rings. The number of aliphatic hydroxyl groups excluding tert-OH is 1. The van der Waals surface area contributed by atoms with Gasteiger partial charge in [-0.25, -0.2) is 19.9 Å². The van der Waals surface area contributed by atoms with Gasteiger partial charge in [-0.1, -0.05) is 6.07 Å². The summed E-state index contributed by atoms with van der Waals surface area (Å²) >= 11 is 0. The lowest BCUT2D eigenvalue weighted by Crippen LogP contribution is -2.22. The van der Waals surface area contributed by atoms with Crippen LogP contribution in [0.1, 0.15) is 12.1 Å². The predicted molar refractivity (Wildman–Crippen MR) is 116 cm³/mol. The number of hydrogen-bond donors (Lipinski definition) is 4. The van der Waals surface area contributed by atoms with Crippen molar-refractivity contribution in [2.45, 2.75) is 19.1 Å². The zero-order valence-corrected chi connectivity index (χ0v) is 16.3. The first-order valence-corrected chi connectivity index (χ1v) is 9.84. The maximum atomic E-state index is 9.79. The molecule has 0 amide bonds. The van der Waals surface area contributed by atoms with E-state index in [1.807, 2.05) is 36.5 Å². The third-order valence-corrected chi connectivity index (χ3v) is 5.28. The first-order valence-electron chi connectivity index (χ1n) is 9.84. The Morgan fingerprint density at radius 3 is 3.00 bits per heavy atom. The molecular weight excluding hydrogens is 380 g/mol. The van der Waals surface area contributed by atoms with Crippen LogP contribution in [0.25, 0.3) is 22.2 Å². The Morgan fingerprint density at radius 1 is 1.23 bits per heavy atom. The molecule has 1 saturated heterocycles. The second kappa shape index (κ2) is 7.60. The molecule has 0 bridgehead atoms. The molecule has 1 unspecified atom stereocenters. The number of aromatic nitrogens is 5. The van der Waals surface area contributed by atoms with Gasteiger partial charge in [0.05, 0.1) is 23.7 Å². The Morgan fingerprint density at radius 2 is 2.17 bits per heavy atom. The SMILES string of the molecule is Nc1cc(-c2c[nH]c3ncnc(NCc4cccc(N5CCC(O)C5)n4)c23)ccn1. The second-order valence-electron chi connectivity index (χ2n) is 7.35. The number of anilines is 3. The molecule has 5 N–H and O–H groups in total. The van der Waals surface area contributed by atoms with Crippen molar-refractivity contribution in [3.05, 3.63) is 54.7 Å². The Bertz CT molecular complexity index is 1190. The van der Waals surface area contributed by atoms with Gasteiger partial charge in [0.25, 0.3) is 0 Å². The zero-order valence-electron chi connectivity index (χ0n) is 16.3. The quantitative estimate of drug-likeness (QED) is 0.400. The molecule has 1 atom stereocenters. The van der Waals surface area contributed by atoms with Gasteiger partial charge in [0, 0.05) is 31.0 Å². The zero-order chi connectivity index (χ0) is 20.5. The average Bonchev–Trinajstić information content (AvgIpc) is 3.39. The topological polar surface area (TPSA) is 129 Å². The summed E-state index contributed by atoms with van der Waals surface area (Å²) in [7, 11) is 0. The van der Waals surface area contributed by atoms with E-state index in [9.17, 15) is 5.11 Å². The number of H-pyrrole nitrogens is 1. The summed E-state index contributed by atoms with van der Waals surface area (Å²) in [5.41, 5.74) is 9.39. The van der Waals surface area contributed by atoms with E-state index in [-0.39, 0.29) is 6.10 Å². The van der Waals surface area contributed by atoms with Crippen LogP contribution in [0, 0.1) is 0 Å². The minimum Gasteiger partial charge on any atom is -0.391 e. The van der Waals surface area contributed by atoms with E-state index in [0.717, 1.165) is 52.5 Å². The van der Waals surface area contributed by atoms with Crippen LogP contribution in [-0.4, -0.2) is 49.2 Å². The van der Waals surface area contributed by atoms with Gasteiger partial charge in [-0.05, 0) is 36.2 Å². The number of fused-ring (bicyclic) bond motifs is 1. The highest BCUT2D eigenvalue weighted by Crippen LogP contribution is 2.32. The molecule has 1 fully saturated rings. The van der Waals surface area contributed by atoms with Gasteiger partial charge in [0.15, 0.2) is 0 Å². The summed E-state index contributed by atoms with van der Waals surface area (Å²) in [5.74, 6) is 2.06. The van der Waals surface area contributed by atoms with Gasteiger partial charge < -0.3 is 26.0 Å². The van der Waals surface area contributed by atoms with Crippen molar-refractivity contribution >= 4 is 28.5 Å². The summed E-state index contributed by atoms with van der Waals surface area (Å²) in [6.45, 7) is 1.96. The van der Waals surface area contributed by atoms with E-state index in [2.05, 4.69) is 30.2 Å². The fourth-order valence-corrected chi connectivity index (χ4v) is 3.81. The van der Waals surface area contributed by atoms with Crippen LogP contribution in [-0.2, 0) is 6.54 Å². The molecule has 1 aliphatic rings. The Hall–Kier alpha value is -3.72. The van der Waals surface area contributed by atoms with Crippen molar-refractivity contribution in [1.82, 2.24) is 24.9 Å². The van der Waals surface area contributed by atoms with Crippen molar-refractivity contribution in [1.29, 1.82) is 0 Å². The van der Waals surface area contributed by atoms with Gasteiger partial charge in [-0.15, -0.1) is 0 Å². The van der Waals surface area contributed by atoms with Crippen molar-refractivity contribution in [2.75, 3.05) is 29.0 Å². The number of pyridine rings is 2. The van der Waals surface area contributed by atoms with Crippen molar-refractivity contribution < 1.29 is 5.11 Å². The number of nitrogens with zero attached hydrogens (tertiary/aromatic N) is 5. The minimum atomic E-state index is -0.280. The van der Waals surface area contributed by atoms with Crippen molar-refractivity contribution in [2.24, 2.45) is 0 Å². The molecule has 0 radical (unpaired) electrons. The predicted octanol–water partition coefficient (Wildman–Crippen LogP) is 2.18. The number of nitrogens with one attached hydrogen (secondary N) is 2. The number of rotatable bonds is 5. The normalized spacial score (nSPS) is 16.3. The molecule has 9 heteroatoms. The number of β-amino-alcohol motifs (C(OH)–C–C–N with tert-alkyl or cyclic N) is 1. The van der Waals surface area contributed by atoms with Crippen molar-refractivity contribution in [3.8, 4) is 11.1 Å². The van der Waals surface area contributed by atoms with Crippen LogP contribution in [0.4, 0.5) is 17.5 Å². The van der Waals surface area contributed by atoms with E-state index < -0.39 is 0 Å². The number of hydrogen-bond acceptors (Lipinski definition) is 8. The maximum absolute atomic E-state index is 9.79. The smallest absolute Gasteiger partial charge is 0.143 e. The fourth-order valence-electron chi connectivity index (χ4n) is 3.81. The summed E-state index contributed by atoms with van der Waals surface area (Å²) < 4.78 is 0. The van der Waals surface area contributed by atoms with Gasteiger partial charge >= 0.3 is 0 Å². The lowest BCUT2D eigenvalue weighted by Gasteiger charge is -2.17. The Labute approximate surface area is 173 Å². The molecule has 1 aliphatic heterocycles.